The Morgan fingerprint density at radius 3 is 2.72 bits per heavy atom. The fourth-order valence-corrected chi connectivity index (χ4v) is 2.70. The normalized spacial score (nSPS) is 10.7. The lowest BCUT2D eigenvalue weighted by molar-refractivity contribution is -0.113. The summed E-state index contributed by atoms with van der Waals surface area (Å²) in [6.45, 7) is 1.81. The van der Waals surface area contributed by atoms with E-state index < -0.39 is 5.82 Å². The minimum absolute atomic E-state index is 0.0358. The Hall–Kier alpha value is -2.74. The van der Waals surface area contributed by atoms with Crippen LogP contribution in [0.25, 0.3) is 11.4 Å². The Labute approximate surface area is 146 Å². The summed E-state index contributed by atoms with van der Waals surface area (Å²) in [5.41, 5.74) is 1.68. The largest absolute Gasteiger partial charge is 0.323 e. The number of amides is 1. The van der Waals surface area contributed by atoms with Crippen LogP contribution in [0.15, 0.2) is 47.6 Å². The van der Waals surface area contributed by atoms with Crippen LogP contribution in [0.3, 0.4) is 0 Å². The molecule has 1 amide bonds. The van der Waals surface area contributed by atoms with E-state index >= 15 is 0 Å². The van der Waals surface area contributed by atoms with Crippen molar-refractivity contribution < 1.29 is 13.6 Å². The molecule has 0 aliphatic carbocycles. The van der Waals surface area contributed by atoms with Crippen LogP contribution in [-0.2, 0) is 4.79 Å². The average molecular weight is 360 g/mol. The molecule has 0 radical (unpaired) electrons. The van der Waals surface area contributed by atoms with Gasteiger partial charge in [0.25, 0.3) is 0 Å². The van der Waals surface area contributed by atoms with E-state index in [4.69, 9.17) is 0 Å². The first-order valence-electron chi connectivity index (χ1n) is 7.38. The molecule has 0 saturated carbocycles. The van der Waals surface area contributed by atoms with Crippen LogP contribution >= 0.6 is 11.8 Å². The molecule has 25 heavy (non-hydrogen) atoms. The van der Waals surface area contributed by atoms with Gasteiger partial charge in [-0.1, -0.05) is 17.8 Å². The number of benzene rings is 2. The van der Waals surface area contributed by atoms with E-state index in [9.17, 15) is 13.6 Å². The van der Waals surface area contributed by atoms with Crippen molar-refractivity contribution in [3.05, 3.63) is 59.7 Å². The lowest BCUT2D eigenvalue weighted by Gasteiger charge is -2.06. The molecule has 0 spiro atoms. The number of aryl methyl sites for hydroxylation is 1. The molecule has 0 aliphatic rings. The molecule has 0 atom stereocenters. The number of nitrogens with one attached hydrogen (secondary N) is 2. The van der Waals surface area contributed by atoms with Gasteiger partial charge in [-0.25, -0.2) is 13.8 Å². The molecule has 2 N–H and O–H groups in total. The number of hydrogen-bond acceptors (Lipinski definition) is 4. The topological polar surface area (TPSA) is 70.7 Å². The molecule has 1 aromatic heterocycles. The van der Waals surface area contributed by atoms with Crippen LogP contribution in [0, 0.1) is 18.6 Å². The van der Waals surface area contributed by atoms with E-state index in [-0.39, 0.29) is 23.2 Å². The minimum atomic E-state index is -0.486. The van der Waals surface area contributed by atoms with E-state index in [1.54, 1.807) is 24.3 Å². The summed E-state index contributed by atoms with van der Waals surface area (Å²) in [6, 6.07) is 10.3. The first-order valence-corrected chi connectivity index (χ1v) is 8.37. The predicted octanol–water partition coefficient (Wildman–Crippen LogP) is 3.79. The monoisotopic (exact) mass is 360 g/mol. The first-order chi connectivity index (χ1) is 12.0. The van der Waals surface area contributed by atoms with Gasteiger partial charge in [0.2, 0.25) is 11.1 Å². The number of carbonyl (C=O) groups excluding carboxylic acids is 1. The van der Waals surface area contributed by atoms with Gasteiger partial charge in [0.05, 0.1) is 11.4 Å². The van der Waals surface area contributed by atoms with Crippen LogP contribution in [0.5, 0.6) is 0 Å². The van der Waals surface area contributed by atoms with Crippen molar-refractivity contribution in [1.82, 2.24) is 15.2 Å². The highest BCUT2D eigenvalue weighted by atomic mass is 32.2. The Kier molecular flexibility index (Phi) is 5.08. The number of anilines is 1. The highest BCUT2D eigenvalue weighted by molar-refractivity contribution is 7.99. The predicted molar refractivity (Wildman–Crippen MR) is 92.3 cm³/mol. The number of carbonyl (C=O) groups is 1. The molecule has 128 valence electrons. The number of thioether (sulfide) groups is 1. The zero-order chi connectivity index (χ0) is 17.8. The van der Waals surface area contributed by atoms with Gasteiger partial charge >= 0.3 is 0 Å². The Morgan fingerprint density at radius 2 is 1.96 bits per heavy atom. The second-order valence-electron chi connectivity index (χ2n) is 5.29. The molecule has 2 aromatic carbocycles. The van der Waals surface area contributed by atoms with Crippen molar-refractivity contribution in [2.24, 2.45) is 0 Å². The minimum Gasteiger partial charge on any atom is -0.323 e. The number of nitrogens with zero attached hydrogens (tertiary/aromatic N) is 2. The maximum absolute atomic E-state index is 13.6. The molecule has 0 aliphatic heterocycles. The van der Waals surface area contributed by atoms with Gasteiger partial charge < -0.3 is 5.32 Å². The summed E-state index contributed by atoms with van der Waals surface area (Å²) < 4.78 is 26.6. The lowest BCUT2D eigenvalue weighted by Crippen LogP contribution is -2.15. The summed E-state index contributed by atoms with van der Waals surface area (Å²) >= 11 is 1.11. The summed E-state index contributed by atoms with van der Waals surface area (Å²) in [7, 11) is 0. The zero-order valence-electron chi connectivity index (χ0n) is 13.2. The molecule has 5 nitrogen and oxygen atoms in total. The third-order valence-electron chi connectivity index (χ3n) is 3.31. The summed E-state index contributed by atoms with van der Waals surface area (Å²) in [5, 5.41) is 9.64. The van der Waals surface area contributed by atoms with E-state index in [0.717, 1.165) is 17.3 Å². The van der Waals surface area contributed by atoms with Crippen LogP contribution in [0.2, 0.25) is 0 Å². The maximum atomic E-state index is 13.6. The third kappa shape index (κ3) is 4.42. The Morgan fingerprint density at radius 1 is 1.20 bits per heavy atom. The van der Waals surface area contributed by atoms with E-state index in [0.29, 0.717) is 16.5 Å². The Balaban J connectivity index is 1.59. The van der Waals surface area contributed by atoms with Gasteiger partial charge in [0.15, 0.2) is 5.82 Å². The standard InChI is InChI=1S/C17H14F2N4OS/c1-10-2-7-13(19)14(8-10)20-15(24)9-25-17-21-16(22-23-17)11-3-5-12(18)6-4-11/h2-8H,9H2,1H3,(H,20,24)(H,21,22,23). The summed E-state index contributed by atoms with van der Waals surface area (Å²) in [4.78, 5) is 16.2. The number of aromatic amines is 1. The van der Waals surface area contributed by atoms with Crippen LogP contribution in [0.4, 0.5) is 14.5 Å². The SMILES string of the molecule is Cc1ccc(F)c(NC(=O)CSc2n[nH]c(-c3ccc(F)cc3)n2)c1. The second kappa shape index (κ2) is 7.43. The molecular formula is C17H14F2N4OS. The van der Waals surface area contributed by atoms with Crippen molar-refractivity contribution in [3.63, 3.8) is 0 Å². The molecule has 0 bridgehead atoms. The van der Waals surface area contributed by atoms with Gasteiger partial charge in [0, 0.05) is 5.56 Å². The van der Waals surface area contributed by atoms with Crippen molar-refractivity contribution in [2.75, 3.05) is 11.1 Å². The molecule has 0 fully saturated rings. The number of rotatable bonds is 5. The quantitative estimate of drug-likeness (QED) is 0.679. The molecule has 0 saturated heterocycles. The van der Waals surface area contributed by atoms with E-state index in [1.165, 1.54) is 18.2 Å². The number of aromatic nitrogens is 3. The molecular weight excluding hydrogens is 346 g/mol. The van der Waals surface area contributed by atoms with Crippen molar-refractivity contribution in [2.45, 2.75) is 12.1 Å². The van der Waals surface area contributed by atoms with Crippen molar-refractivity contribution >= 4 is 23.4 Å². The van der Waals surface area contributed by atoms with E-state index in [1.807, 2.05) is 6.92 Å². The van der Waals surface area contributed by atoms with Crippen LogP contribution < -0.4 is 5.32 Å². The Bertz CT molecular complexity index is 896. The van der Waals surface area contributed by atoms with Gasteiger partial charge in [-0.15, -0.1) is 5.10 Å². The number of halogens is 2. The first kappa shape index (κ1) is 17.1. The molecule has 0 unspecified atom stereocenters. The number of H-pyrrole nitrogens is 1. The zero-order valence-corrected chi connectivity index (χ0v) is 14.0. The lowest BCUT2D eigenvalue weighted by atomic mass is 10.2. The van der Waals surface area contributed by atoms with Gasteiger partial charge in [-0.2, -0.15) is 0 Å². The fraction of sp³-hybridized carbons (Fsp3) is 0.118. The van der Waals surface area contributed by atoms with Gasteiger partial charge in [0.1, 0.15) is 11.6 Å². The maximum Gasteiger partial charge on any atom is 0.234 e. The van der Waals surface area contributed by atoms with Crippen LogP contribution in [-0.4, -0.2) is 26.8 Å². The average Bonchev–Trinajstić information content (AvgIpc) is 3.06. The molecule has 3 rings (SSSR count). The molecule has 1 heterocycles. The van der Waals surface area contributed by atoms with Gasteiger partial charge in [-0.3, -0.25) is 9.89 Å². The summed E-state index contributed by atoms with van der Waals surface area (Å²) in [6.07, 6.45) is 0. The molecule has 3 aromatic rings. The number of hydrogen-bond donors (Lipinski definition) is 2. The van der Waals surface area contributed by atoms with Crippen molar-refractivity contribution in [3.8, 4) is 11.4 Å². The fourth-order valence-electron chi connectivity index (χ4n) is 2.10. The highest BCUT2D eigenvalue weighted by Gasteiger charge is 2.11. The summed E-state index contributed by atoms with van der Waals surface area (Å²) in [5.74, 6) is -0.665. The molecule has 8 heteroatoms. The van der Waals surface area contributed by atoms with E-state index in [2.05, 4.69) is 20.5 Å². The van der Waals surface area contributed by atoms with Crippen molar-refractivity contribution in [1.29, 1.82) is 0 Å². The smallest absolute Gasteiger partial charge is 0.234 e. The van der Waals surface area contributed by atoms with Gasteiger partial charge in [-0.05, 0) is 48.9 Å². The second-order valence-corrected chi connectivity index (χ2v) is 6.24. The highest BCUT2D eigenvalue weighted by Crippen LogP contribution is 2.20. The third-order valence-corrected chi connectivity index (χ3v) is 4.16. The van der Waals surface area contributed by atoms with Crippen LogP contribution in [0.1, 0.15) is 5.56 Å².